The lowest BCUT2D eigenvalue weighted by Crippen LogP contribution is -2.53. The summed E-state index contributed by atoms with van der Waals surface area (Å²) in [5.41, 5.74) is -0.382. The summed E-state index contributed by atoms with van der Waals surface area (Å²) < 4.78 is 5.35. The van der Waals surface area contributed by atoms with Crippen LogP contribution in [-0.2, 0) is 4.74 Å². The number of carbonyl (C=O) groups is 1. The van der Waals surface area contributed by atoms with Gasteiger partial charge >= 0.3 is 6.09 Å². The number of hydrogen-bond donors (Lipinski definition) is 1. The standard InChI is InChI=1S/C14H26N2O2/c1-14(2,3)18-13(17)16-9-11(10-16)8-12-6-4-5-7-15-12/h11-12,15H,4-10H2,1-3H3. The molecule has 2 aliphatic rings. The van der Waals surface area contributed by atoms with Gasteiger partial charge in [0.05, 0.1) is 0 Å². The van der Waals surface area contributed by atoms with E-state index in [2.05, 4.69) is 5.32 Å². The van der Waals surface area contributed by atoms with Gasteiger partial charge in [-0.25, -0.2) is 4.79 Å². The van der Waals surface area contributed by atoms with Gasteiger partial charge in [-0.2, -0.15) is 0 Å². The number of piperidine rings is 1. The number of nitrogens with one attached hydrogen (secondary N) is 1. The first-order chi connectivity index (χ1) is 8.44. The molecule has 2 heterocycles. The lowest BCUT2D eigenvalue weighted by atomic mass is 9.89. The average Bonchev–Trinajstić information content (AvgIpc) is 2.21. The van der Waals surface area contributed by atoms with E-state index in [1.54, 1.807) is 0 Å². The molecule has 1 amide bonds. The van der Waals surface area contributed by atoms with Gasteiger partial charge in [0.15, 0.2) is 0 Å². The van der Waals surface area contributed by atoms with E-state index in [-0.39, 0.29) is 11.7 Å². The second-order valence-electron chi connectivity index (χ2n) is 6.63. The molecule has 1 N–H and O–H groups in total. The topological polar surface area (TPSA) is 41.6 Å². The van der Waals surface area contributed by atoms with Crippen LogP contribution in [0.25, 0.3) is 0 Å². The van der Waals surface area contributed by atoms with Gasteiger partial charge in [0.1, 0.15) is 5.60 Å². The Morgan fingerprint density at radius 3 is 2.61 bits per heavy atom. The number of likely N-dealkylation sites (tertiary alicyclic amines) is 1. The maximum absolute atomic E-state index is 11.8. The Kier molecular flexibility index (Phi) is 4.15. The fourth-order valence-electron chi connectivity index (χ4n) is 2.72. The van der Waals surface area contributed by atoms with Gasteiger partial charge in [-0.05, 0) is 52.5 Å². The summed E-state index contributed by atoms with van der Waals surface area (Å²) in [4.78, 5) is 13.6. The average molecular weight is 254 g/mol. The van der Waals surface area contributed by atoms with Crippen LogP contribution in [0.3, 0.4) is 0 Å². The van der Waals surface area contributed by atoms with Gasteiger partial charge in [0, 0.05) is 19.1 Å². The predicted octanol–water partition coefficient (Wildman–Crippen LogP) is 2.39. The minimum absolute atomic E-state index is 0.157. The molecular formula is C14H26N2O2. The largest absolute Gasteiger partial charge is 0.444 e. The highest BCUT2D eigenvalue weighted by Gasteiger charge is 2.34. The Morgan fingerprint density at radius 2 is 2.06 bits per heavy atom. The minimum Gasteiger partial charge on any atom is -0.444 e. The van der Waals surface area contributed by atoms with Crippen LogP contribution in [0, 0.1) is 5.92 Å². The number of rotatable bonds is 2. The first-order valence-corrected chi connectivity index (χ1v) is 7.15. The monoisotopic (exact) mass is 254 g/mol. The maximum atomic E-state index is 11.8. The van der Waals surface area contributed by atoms with Crippen molar-refractivity contribution in [3.05, 3.63) is 0 Å². The summed E-state index contributed by atoms with van der Waals surface area (Å²) in [6.07, 6.45) is 5.00. The zero-order valence-electron chi connectivity index (χ0n) is 11.9. The Bertz CT molecular complexity index is 287. The van der Waals surface area contributed by atoms with Crippen LogP contribution in [0.1, 0.15) is 46.5 Å². The van der Waals surface area contributed by atoms with E-state index in [9.17, 15) is 4.79 Å². The van der Waals surface area contributed by atoms with Gasteiger partial charge in [0.25, 0.3) is 0 Å². The van der Waals surface area contributed by atoms with E-state index in [4.69, 9.17) is 4.74 Å². The molecule has 0 spiro atoms. The fraction of sp³-hybridized carbons (Fsp3) is 0.929. The zero-order chi connectivity index (χ0) is 13.2. The van der Waals surface area contributed by atoms with Crippen molar-refractivity contribution in [3.8, 4) is 0 Å². The lowest BCUT2D eigenvalue weighted by molar-refractivity contribution is -0.00392. The Labute approximate surface area is 110 Å². The van der Waals surface area contributed by atoms with Crippen LogP contribution in [0.2, 0.25) is 0 Å². The van der Waals surface area contributed by atoms with Crippen LogP contribution < -0.4 is 5.32 Å². The first-order valence-electron chi connectivity index (χ1n) is 7.15. The predicted molar refractivity (Wildman–Crippen MR) is 71.6 cm³/mol. The van der Waals surface area contributed by atoms with Gasteiger partial charge in [-0.3, -0.25) is 0 Å². The summed E-state index contributed by atoms with van der Waals surface area (Å²) in [6, 6.07) is 0.671. The van der Waals surface area contributed by atoms with Crippen molar-refractivity contribution in [2.75, 3.05) is 19.6 Å². The second kappa shape index (κ2) is 5.47. The van der Waals surface area contributed by atoms with E-state index in [0.717, 1.165) is 19.6 Å². The molecule has 104 valence electrons. The minimum atomic E-state index is -0.382. The molecule has 4 heteroatoms. The quantitative estimate of drug-likeness (QED) is 0.822. The van der Waals surface area contributed by atoms with Crippen molar-refractivity contribution in [1.82, 2.24) is 10.2 Å². The summed E-state index contributed by atoms with van der Waals surface area (Å²) in [5.74, 6) is 0.660. The number of carbonyl (C=O) groups excluding carboxylic acids is 1. The van der Waals surface area contributed by atoms with Crippen molar-refractivity contribution in [2.24, 2.45) is 5.92 Å². The molecule has 2 saturated heterocycles. The molecule has 0 aliphatic carbocycles. The molecule has 4 nitrogen and oxygen atoms in total. The first kappa shape index (κ1) is 13.7. The van der Waals surface area contributed by atoms with Crippen LogP contribution in [-0.4, -0.2) is 42.3 Å². The van der Waals surface area contributed by atoms with E-state index in [0.29, 0.717) is 12.0 Å². The highest BCUT2D eigenvalue weighted by molar-refractivity contribution is 5.69. The number of nitrogens with zero attached hydrogens (tertiary/aromatic N) is 1. The van der Waals surface area contributed by atoms with Gasteiger partial charge in [0.2, 0.25) is 0 Å². The van der Waals surface area contributed by atoms with Crippen molar-refractivity contribution < 1.29 is 9.53 Å². The van der Waals surface area contributed by atoms with Gasteiger partial charge < -0.3 is 15.0 Å². The third-order valence-corrected chi connectivity index (χ3v) is 3.64. The zero-order valence-corrected chi connectivity index (χ0v) is 11.9. The van der Waals surface area contributed by atoms with Crippen molar-refractivity contribution in [1.29, 1.82) is 0 Å². The molecule has 0 bridgehead atoms. The third-order valence-electron chi connectivity index (χ3n) is 3.64. The number of amides is 1. The van der Waals surface area contributed by atoms with E-state index < -0.39 is 0 Å². The molecule has 18 heavy (non-hydrogen) atoms. The highest BCUT2D eigenvalue weighted by atomic mass is 16.6. The molecule has 0 aromatic carbocycles. The summed E-state index contributed by atoms with van der Waals surface area (Å²) in [5, 5.41) is 3.57. The Balaban J connectivity index is 1.65. The molecule has 0 aromatic rings. The molecule has 1 atom stereocenters. The lowest BCUT2D eigenvalue weighted by Gasteiger charge is -2.41. The summed E-state index contributed by atoms with van der Waals surface area (Å²) in [7, 11) is 0. The van der Waals surface area contributed by atoms with E-state index in [1.165, 1.54) is 25.7 Å². The van der Waals surface area contributed by atoms with Crippen LogP contribution >= 0.6 is 0 Å². The third kappa shape index (κ3) is 3.87. The van der Waals surface area contributed by atoms with Gasteiger partial charge in [-0.1, -0.05) is 6.42 Å². The smallest absolute Gasteiger partial charge is 0.410 e. The Hall–Kier alpha value is -0.770. The van der Waals surface area contributed by atoms with Crippen molar-refractivity contribution >= 4 is 6.09 Å². The normalized spacial score (nSPS) is 25.7. The summed E-state index contributed by atoms with van der Waals surface area (Å²) >= 11 is 0. The SMILES string of the molecule is CC(C)(C)OC(=O)N1CC(CC2CCCCN2)C1. The molecule has 0 aromatic heterocycles. The maximum Gasteiger partial charge on any atom is 0.410 e. The fourth-order valence-corrected chi connectivity index (χ4v) is 2.72. The van der Waals surface area contributed by atoms with E-state index in [1.807, 2.05) is 25.7 Å². The molecule has 0 saturated carbocycles. The van der Waals surface area contributed by atoms with Crippen LogP contribution in [0.5, 0.6) is 0 Å². The molecule has 0 radical (unpaired) electrons. The highest BCUT2D eigenvalue weighted by Crippen LogP contribution is 2.25. The number of ether oxygens (including phenoxy) is 1. The van der Waals surface area contributed by atoms with Crippen molar-refractivity contribution in [3.63, 3.8) is 0 Å². The second-order valence-corrected chi connectivity index (χ2v) is 6.63. The Morgan fingerprint density at radius 1 is 1.33 bits per heavy atom. The molecule has 2 aliphatic heterocycles. The molecule has 2 fully saturated rings. The van der Waals surface area contributed by atoms with Gasteiger partial charge in [-0.15, -0.1) is 0 Å². The van der Waals surface area contributed by atoms with E-state index >= 15 is 0 Å². The van der Waals surface area contributed by atoms with Crippen molar-refractivity contribution in [2.45, 2.75) is 58.1 Å². The molecule has 1 unspecified atom stereocenters. The molecule has 2 rings (SSSR count). The molecular weight excluding hydrogens is 228 g/mol. The van der Waals surface area contributed by atoms with Crippen LogP contribution in [0.4, 0.5) is 4.79 Å². The summed E-state index contributed by atoms with van der Waals surface area (Å²) in [6.45, 7) is 8.63. The van der Waals surface area contributed by atoms with Crippen LogP contribution in [0.15, 0.2) is 0 Å². The number of hydrogen-bond acceptors (Lipinski definition) is 3.